The molecule has 0 aliphatic carbocycles. The van der Waals surface area contributed by atoms with Crippen LogP contribution >= 0.6 is 0 Å². The van der Waals surface area contributed by atoms with E-state index in [9.17, 15) is 4.79 Å². The average Bonchev–Trinajstić information content (AvgIpc) is 2.54. The molecule has 5 heteroatoms. The Hall–Kier alpha value is -2.87. The second-order valence-corrected chi connectivity index (χ2v) is 7.01. The van der Waals surface area contributed by atoms with Crippen molar-refractivity contribution in [3.63, 3.8) is 0 Å². The molecule has 0 atom stereocenters. The lowest BCUT2D eigenvalue weighted by Gasteiger charge is -2.26. The molecule has 0 bridgehead atoms. The van der Waals surface area contributed by atoms with Gasteiger partial charge in [0.2, 0.25) is 11.9 Å². The van der Waals surface area contributed by atoms with Crippen molar-refractivity contribution in [2.45, 2.75) is 40.2 Å². The molecule has 1 N–H and O–H groups in total. The number of terminal acetylenes is 1. The van der Waals surface area contributed by atoms with Gasteiger partial charge in [0.15, 0.2) is 0 Å². The Morgan fingerprint density at radius 3 is 2.40 bits per heavy atom. The van der Waals surface area contributed by atoms with Crippen LogP contribution in [0.5, 0.6) is 0 Å². The molecule has 1 amide bonds. The van der Waals surface area contributed by atoms with Crippen LogP contribution < -0.4 is 10.2 Å². The van der Waals surface area contributed by atoms with E-state index in [-0.39, 0.29) is 18.0 Å². The summed E-state index contributed by atoms with van der Waals surface area (Å²) in [4.78, 5) is 23.2. The van der Waals surface area contributed by atoms with Crippen molar-refractivity contribution in [3.05, 3.63) is 47.3 Å². The molecule has 25 heavy (non-hydrogen) atoms. The molecule has 0 saturated carbocycles. The van der Waals surface area contributed by atoms with Gasteiger partial charge < -0.3 is 10.2 Å². The van der Waals surface area contributed by atoms with E-state index in [1.807, 2.05) is 58.9 Å². The monoisotopic (exact) mass is 336 g/mol. The number of amides is 1. The molecular weight excluding hydrogens is 312 g/mol. The minimum absolute atomic E-state index is 0.102. The standard InChI is InChI=1S/C20H24N4O/c1-7-16-8-10-17(11-9-16)24(13-18(25)23-20(4,5)6)19-21-12-14(2)15(3)22-19/h1,8-12H,13H2,2-6H3,(H,23,25). The first-order chi connectivity index (χ1) is 11.7. The first kappa shape index (κ1) is 18.5. The minimum Gasteiger partial charge on any atom is -0.350 e. The van der Waals surface area contributed by atoms with Gasteiger partial charge in [0, 0.05) is 28.7 Å². The van der Waals surface area contributed by atoms with Gasteiger partial charge in [-0.05, 0) is 64.4 Å². The van der Waals surface area contributed by atoms with Gasteiger partial charge in [0.05, 0.1) is 0 Å². The Balaban J connectivity index is 2.38. The van der Waals surface area contributed by atoms with Crippen LogP contribution in [0.1, 0.15) is 37.6 Å². The summed E-state index contributed by atoms with van der Waals surface area (Å²) in [7, 11) is 0. The van der Waals surface area contributed by atoms with E-state index in [2.05, 4.69) is 21.2 Å². The van der Waals surface area contributed by atoms with Gasteiger partial charge in [-0.25, -0.2) is 9.97 Å². The molecule has 2 rings (SSSR count). The Morgan fingerprint density at radius 1 is 1.24 bits per heavy atom. The van der Waals surface area contributed by atoms with Crippen LogP contribution in [-0.2, 0) is 4.79 Å². The lowest BCUT2D eigenvalue weighted by atomic mass is 10.1. The Kier molecular flexibility index (Phi) is 5.43. The first-order valence-electron chi connectivity index (χ1n) is 8.15. The molecular formula is C20H24N4O. The summed E-state index contributed by atoms with van der Waals surface area (Å²) in [5, 5.41) is 2.97. The summed E-state index contributed by atoms with van der Waals surface area (Å²) in [6, 6.07) is 7.42. The Bertz CT molecular complexity index is 798. The van der Waals surface area contributed by atoms with Gasteiger partial charge in [-0.2, -0.15) is 0 Å². The number of nitrogens with one attached hydrogen (secondary N) is 1. The first-order valence-corrected chi connectivity index (χ1v) is 8.15. The molecule has 0 spiro atoms. The summed E-state index contributed by atoms with van der Waals surface area (Å²) in [5.41, 5.74) is 3.17. The van der Waals surface area contributed by atoms with Crippen LogP contribution in [-0.4, -0.2) is 28.0 Å². The zero-order valence-electron chi connectivity index (χ0n) is 15.4. The smallest absolute Gasteiger partial charge is 0.240 e. The van der Waals surface area contributed by atoms with Crippen LogP contribution in [0, 0.1) is 26.2 Å². The van der Waals surface area contributed by atoms with E-state index in [0.29, 0.717) is 5.95 Å². The minimum atomic E-state index is -0.305. The number of carbonyl (C=O) groups is 1. The summed E-state index contributed by atoms with van der Waals surface area (Å²) >= 11 is 0. The molecule has 0 fully saturated rings. The topological polar surface area (TPSA) is 58.1 Å². The Labute approximate surface area is 149 Å². The third-order valence-electron chi connectivity index (χ3n) is 3.62. The fourth-order valence-electron chi connectivity index (χ4n) is 2.26. The molecule has 130 valence electrons. The van der Waals surface area contributed by atoms with Crippen molar-refractivity contribution in [1.82, 2.24) is 15.3 Å². The highest BCUT2D eigenvalue weighted by atomic mass is 16.2. The van der Waals surface area contributed by atoms with Gasteiger partial charge in [-0.1, -0.05) is 5.92 Å². The van der Waals surface area contributed by atoms with E-state index in [1.165, 1.54) is 0 Å². The van der Waals surface area contributed by atoms with E-state index in [4.69, 9.17) is 6.42 Å². The van der Waals surface area contributed by atoms with Gasteiger partial charge in [0.1, 0.15) is 6.54 Å². The molecule has 0 unspecified atom stereocenters. The molecule has 1 aromatic carbocycles. The van der Waals surface area contributed by atoms with Crippen LogP contribution in [0.3, 0.4) is 0 Å². The van der Waals surface area contributed by atoms with Gasteiger partial charge in [-0.15, -0.1) is 6.42 Å². The summed E-state index contributed by atoms with van der Waals surface area (Å²) in [6.07, 6.45) is 7.19. The SMILES string of the molecule is C#Cc1ccc(N(CC(=O)NC(C)(C)C)c2ncc(C)c(C)n2)cc1. The number of hydrogen-bond donors (Lipinski definition) is 1. The highest BCUT2D eigenvalue weighted by Crippen LogP contribution is 2.23. The van der Waals surface area contributed by atoms with Gasteiger partial charge in [0.25, 0.3) is 0 Å². The van der Waals surface area contributed by atoms with Crippen molar-refractivity contribution >= 4 is 17.5 Å². The van der Waals surface area contributed by atoms with Crippen LogP contribution in [0.4, 0.5) is 11.6 Å². The quantitative estimate of drug-likeness (QED) is 0.872. The number of carbonyl (C=O) groups excluding carboxylic acids is 1. The highest BCUT2D eigenvalue weighted by molar-refractivity contribution is 5.84. The van der Waals surface area contributed by atoms with E-state index >= 15 is 0 Å². The molecule has 5 nitrogen and oxygen atoms in total. The zero-order valence-corrected chi connectivity index (χ0v) is 15.4. The largest absolute Gasteiger partial charge is 0.350 e. The number of benzene rings is 1. The van der Waals surface area contributed by atoms with E-state index in [0.717, 1.165) is 22.5 Å². The van der Waals surface area contributed by atoms with E-state index < -0.39 is 0 Å². The second kappa shape index (κ2) is 7.35. The third-order valence-corrected chi connectivity index (χ3v) is 3.62. The van der Waals surface area contributed by atoms with Crippen molar-refractivity contribution in [2.24, 2.45) is 0 Å². The van der Waals surface area contributed by atoms with Crippen LogP contribution in [0.25, 0.3) is 0 Å². The van der Waals surface area contributed by atoms with Gasteiger partial charge >= 0.3 is 0 Å². The van der Waals surface area contributed by atoms with Gasteiger partial charge in [-0.3, -0.25) is 4.79 Å². The van der Waals surface area contributed by atoms with Crippen molar-refractivity contribution < 1.29 is 4.79 Å². The molecule has 0 saturated heterocycles. The molecule has 1 heterocycles. The normalized spacial score (nSPS) is 10.9. The summed E-state index contributed by atoms with van der Waals surface area (Å²) < 4.78 is 0. The maximum absolute atomic E-state index is 12.5. The third kappa shape index (κ3) is 5.05. The number of anilines is 2. The lowest BCUT2D eigenvalue weighted by molar-refractivity contribution is -0.121. The fraction of sp³-hybridized carbons (Fsp3) is 0.350. The maximum Gasteiger partial charge on any atom is 0.240 e. The predicted molar refractivity (Wildman–Crippen MR) is 101 cm³/mol. The van der Waals surface area contributed by atoms with Crippen molar-refractivity contribution in [2.75, 3.05) is 11.4 Å². The molecule has 0 aliphatic heterocycles. The number of hydrogen-bond acceptors (Lipinski definition) is 4. The number of aromatic nitrogens is 2. The molecule has 0 radical (unpaired) electrons. The number of aryl methyl sites for hydroxylation is 2. The molecule has 2 aromatic rings. The lowest BCUT2D eigenvalue weighted by Crippen LogP contribution is -2.45. The summed E-state index contributed by atoms with van der Waals surface area (Å²) in [5.74, 6) is 2.98. The molecule has 0 aliphatic rings. The average molecular weight is 336 g/mol. The fourth-order valence-corrected chi connectivity index (χ4v) is 2.26. The number of nitrogens with zero attached hydrogens (tertiary/aromatic N) is 3. The maximum atomic E-state index is 12.5. The van der Waals surface area contributed by atoms with Crippen molar-refractivity contribution in [1.29, 1.82) is 0 Å². The van der Waals surface area contributed by atoms with E-state index in [1.54, 1.807) is 11.1 Å². The highest BCUT2D eigenvalue weighted by Gasteiger charge is 2.20. The second-order valence-electron chi connectivity index (χ2n) is 7.01. The Morgan fingerprint density at radius 2 is 1.88 bits per heavy atom. The van der Waals surface area contributed by atoms with Crippen molar-refractivity contribution in [3.8, 4) is 12.3 Å². The van der Waals surface area contributed by atoms with Crippen LogP contribution in [0.15, 0.2) is 30.5 Å². The predicted octanol–water partition coefficient (Wildman–Crippen LogP) is 3.13. The molecule has 1 aromatic heterocycles. The van der Waals surface area contributed by atoms with Crippen LogP contribution in [0.2, 0.25) is 0 Å². The number of rotatable bonds is 4. The summed E-state index contributed by atoms with van der Waals surface area (Å²) in [6.45, 7) is 9.85. The zero-order chi connectivity index (χ0) is 18.6.